The molecule has 1 fully saturated rings. The van der Waals surface area contributed by atoms with Crippen LogP contribution in [0.3, 0.4) is 0 Å². The van der Waals surface area contributed by atoms with Gasteiger partial charge in [0, 0.05) is 33.1 Å². The molecule has 1 saturated heterocycles. The maximum absolute atomic E-state index is 12.6. The molecule has 1 aromatic carbocycles. The monoisotopic (exact) mass is 397 g/mol. The van der Waals surface area contributed by atoms with Gasteiger partial charge in [-0.3, -0.25) is 13.9 Å². The Kier molecular flexibility index (Phi) is 6.42. The summed E-state index contributed by atoms with van der Waals surface area (Å²) >= 11 is 0. The molecule has 0 saturated carbocycles. The summed E-state index contributed by atoms with van der Waals surface area (Å²) in [5.74, 6) is -0.932. The van der Waals surface area contributed by atoms with E-state index < -0.39 is 16.0 Å². The van der Waals surface area contributed by atoms with Gasteiger partial charge in [0.1, 0.15) is 6.54 Å². The third kappa shape index (κ3) is 5.19. The van der Waals surface area contributed by atoms with Crippen molar-refractivity contribution in [1.29, 1.82) is 0 Å². The van der Waals surface area contributed by atoms with Crippen molar-refractivity contribution >= 4 is 33.5 Å². The highest BCUT2D eigenvalue weighted by atomic mass is 32.2. The molecular formula is C17H23N3O6S. The number of sulfonamides is 1. The Morgan fingerprint density at radius 3 is 2.00 bits per heavy atom. The number of amides is 2. The van der Waals surface area contributed by atoms with E-state index in [0.717, 1.165) is 10.6 Å². The first-order valence-electron chi connectivity index (χ1n) is 8.33. The molecule has 1 aliphatic heterocycles. The normalized spacial score (nSPS) is 14.6. The second-order valence-electron chi connectivity index (χ2n) is 6.19. The molecule has 2 amide bonds. The number of benzene rings is 1. The second-order valence-corrected chi connectivity index (χ2v) is 8.10. The molecule has 1 aliphatic rings. The fraction of sp³-hybridized carbons (Fsp3) is 0.471. The number of carbonyl (C=O) groups is 3. The molecule has 1 heterocycles. The largest absolute Gasteiger partial charge is 0.465 e. The summed E-state index contributed by atoms with van der Waals surface area (Å²) in [5, 5.41) is 0. The average Bonchev–Trinajstić information content (AvgIpc) is 2.64. The summed E-state index contributed by atoms with van der Waals surface area (Å²) in [4.78, 5) is 38.6. The lowest BCUT2D eigenvalue weighted by molar-refractivity contribution is -0.137. The van der Waals surface area contributed by atoms with Gasteiger partial charge in [-0.05, 0) is 24.3 Å². The molecule has 0 N–H and O–H groups in total. The van der Waals surface area contributed by atoms with E-state index in [0.29, 0.717) is 26.2 Å². The lowest BCUT2D eigenvalue weighted by atomic mass is 10.2. The van der Waals surface area contributed by atoms with Crippen molar-refractivity contribution < 1.29 is 27.5 Å². The first-order chi connectivity index (χ1) is 12.6. The van der Waals surface area contributed by atoms with E-state index in [9.17, 15) is 22.8 Å². The number of rotatable bonds is 5. The van der Waals surface area contributed by atoms with Crippen LogP contribution in [-0.4, -0.2) is 82.1 Å². The SMILES string of the molecule is COC(=O)c1ccc(N(CC(=O)N2CCN(C(C)=O)CC2)S(C)(=O)=O)cc1. The van der Waals surface area contributed by atoms with Crippen molar-refractivity contribution in [3.63, 3.8) is 0 Å². The minimum absolute atomic E-state index is 0.0504. The van der Waals surface area contributed by atoms with E-state index in [-0.39, 0.29) is 29.6 Å². The summed E-state index contributed by atoms with van der Waals surface area (Å²) in [6, 6.07) is 5.79. The van der Waals surface area contributed by atoms with Crippen molar-refractivity contribution in [3.8, 4) is 0 Å². The highest BCUT2D eigenvalue weighted by Crippen LogP contribution is 2.19. The summed E-state index contributed by atoms with van der Waals surface area (Å²) in [7, 11) is -2.46. The standard InChI is InChI=1S/C17H23N3O6S/c1-13(21)18-8-10-19(11-9-18)16(22)12-20(27(3,24)25)15-6-4-14(5-7-15)17(23)26-2/h4-7H,8-12H2,1-3H3. The van der Waals surface area contributed by atoms with E-state index in [4.69, 9.17) is 0 Å². The predicted molar refractivity (Wildman–Crippen MR) is 98.8 cm³/mol. The molecule has 148 valence electrons. The van der Waals surface area contributed by atoms with Gasteiger partial charge in [0.05, 0.1) is 24.6 Å². The van der Waals surface area contributed by atoms with Gasteiger partial charge in [0.15, 0.2) is 0 Å². The van der Waals surface area contributed by atoms with Crippen LogP contribution in [0.15, 0.2) is 24.3 Å². The number of methoxy groups -OCH3 is 1. The predicted octanol–water partition coefficient (Wildman–Crippen LogP) is -0.0701. The molecule has 0 aromatic heterocycles. The minimum atomic E-state index is -3.71. The van der Waals surface area contributed by atoms with Crippen LogP contribution in [0.1, 0.15) is 17.3 Å². The Morgan fingerprint density at radius 1 is 1.04 bits per heavy atom. The molecule has 2 rings (SSSR count). The number of hydrogen-bond acceptors (Lipinski definition) is 6. The Morgan fingerprint density at radius 2 is 1.56 bits per heavy atom. The van der Waals surface area contributed by atoms with Crippen LogP contribution in [0.4, 0.5) is 5.69 Å². The first-order valence-corrected chi connectivity index (χ1v) is 10.2. The lowest BCUT2D eigenvalue weighted by Crippen LogP contribution is -2.52. The van der Waals surface area contributed by atoms with E-state index >= 15 is 0 Å². The molecule has 0 atom stereocenters. The molecule has 9 nitrogen and oxygen atoms in total. The van der Waals surface area contributed by atoms with Gasteiger partial charge in [-0.2, -0.15) is 0 Å². The topological polar surface area (TPSA) is 104 Å². The van der Waals surface area contributed by atoms with Crippen molar-refractivity contribution in [1.82, 2.24) is 9.80 Å². The number of ether oxygens (including phenoxy) is 1. The second kappa shape index (κ2) is 8.38. The van der Waals surface area contributed by atoms with Gasteiger partial charge in [0.2, 0.25) is 21.8 Å². The fourth-order valence-electron chi connectivity index (χ4n) is 2.78. The summed E-state index contributed by atoms with van der Waals surface area (Å²) in [6.45, 7) is 2.69. The smallest absolute Gasteiger partial charge is 0.337 e. The van der Waals surface area contributed by atoms with Crippen molar-refractivity contribution in [2.75, 3.05) is 50.4 Å². The summed E-state index contributed by atoms with van der Waals surface area (Å²) in [6.07, 6.45) is 1.02. The maximum atomic E-state index is 12.6. The van der Waals surface area contributed by atoms with Crippen molar-refractivity contribution in [3.05, 3.63) is 29.8 Å². The van der Waals surface area contributed by atoms with Crippen LogP contribution in [0.2, 0.25) is 0 Å². The minimum Gasteiger partial charge on any atom is -0.465 e. The third-order valence-corrected chi connectivity index (χ3v) is 5.47. The van der Waals surface area contributed by atoms with Gasteiger partial charge >= 0.3 is 5.97 Å². The number of piperazine rings is 1. The van der Waals surface area contributed by atoms with Crippen LogP contribution < -0.4 is 4.31 Å². The van der Waals surface area contributed by atoms with Gasteiger partial charge in [-0.25, -0.2) is 13.2 Å². The van der Waals surface area contributed by atoms with E-state index in [1.165, 1.54) is 38.3 Å². The zero-order chi connectivity index (χ0) is 20.2. The van der Waals surface area contributed by atoms with Gasteiger partial charge in [-0.15, -0.1) is 0 Å². The zero-order valence-electron chi connectivity index (χ0n) is 15.5. The number of carbonyl (C=O) groups excluding carboxylic acids is 3. The molecule has 0 unspecified atom stereocenters. The zero-order valence-corrected chi connectivity index (χ0v) is 16.4. The number of hydrogen-bond donors (Lipinski definition) is 0. The number of esters is 1. The molecular weight excluding hydrogens is 374 g/mol. The maximum Gasteiger partial charge on any atom is 0.337 e. The van der Waals surface area contributed by atoms with E-state index in [1.807, 2.05) is 0 Å². The molecule has 1 aromatic rings. The number of nitrogens with zero attached hydrogens (tertiary/aromatic N) is 3. The van der Waals surface area contributed by atoms with Crippen LogP contribution in [0.5, 0.6) is 0 Å². The van der Waals surface area contributed by atoms with Crippen molar-refractivity contribution in [2.24, 2.45) is 0 Å². The van der Waals surface area contributed by atoms with Crippen LogP contribution in [-0.2, 0) is 24.3 Å². The van der Waals surface area contributed by atoms with Gasteiger partial charge in [-0.1, -0.05) is 0 Å². The van der Waals surface area contributed by atoms with Gasteiger partial charge < -0.3 is 14.5 Å². The molecule has 0 aliphatic carbocycles. The van der Waals surface area contributed by atoms with Crippen LogP contribution in [0.25, 0.3) is 0 Å². The Bertz CT molecular complexity index is 814. The molecule has 27 heavy (non-hydrogen) atoms. The lowest BCUT2D eigenvalue weighted by Gasteiger charge is -2.35. The molecule has 0 spiro atoms. The van der Waals surface area contributed by atoms with Crippen molar-refractivity contribution in [2.45, 2.75) is 6.92 Å². The van der Waals surface area contributed by atoms with Gasteiger partial charge in [0.25, 0.3) is 0 Å². The van der Waals surface area contributed by atoms with Crippen LogP contribution >= 0.6 is 0 Å². The third-order valence-electron chi connectivity index (χ3n) is 4.33. The first kappa shape index (κ1) is 20.7. The Hall–Kier alpha value is -2.62. The summed E-state index contributed by atoms with van der Waals surface area (Å²) in [5.41, 5.74) is 0.558. The molecule has 0 radical (unpaired) electrons. The highest BCUT2D eigenvalue weighted by molar-refractivity contribution is 7.92. The molecule has 10 heteroatoms. The summed E-state index contributed by atoms with van der Waals surface area (Å²) < 4.78 is 30.0. The average molecular weight is 397 g/mol. The quantitative estimate of drug-likeness (QED) is 0.644. The Balaban J connectivity index is 2.12. The molecule has 0 bridgehead atoms. The fourth-order valence-corrected chi connectivity index (χ4v) is 3.62. The highest BCUT2D eigenvalue weighted by Gasteiger charge is 2.27. The van der Waals surface area contributed by atoms with E-state index in [1.54, 1.807) is 9.80 Å². The van der Waals surface area contributed by atoms with Crippen LogP contribution in [0, 0.1) is 0 Å². The number of anilines is 1. The Labute approximate surface area is 158 Å². The van der Waals surface area contributed by atoms with E-state index in [2.05, 4.69) is 4.74 Å².